The summed E-state index contributed by atoms with van der Waals surface area (Å²) in [7, 11) is 5.02. The Morgan fingerprint density at radius 2 is 1.75 bits per heavy atom. The highest BCUT2D eigenvalue weighted by Gasteiger charge is 2.15. The van der Waals surface area contributed by atoms with Crippen molar-refractivity contribution in [2.24, 2.45) is 0 Å². The average molecular weight is 438 g/mol. The van der Waals surface area contributed by atoms with Crippen LogP contribution < -0.4 is 29.4 Å². The molecule has 32 heavy (non-hydrogen) atoms. The number of fused-ring (bicyclic) bond motifs is 1. The molecule has 1 atom stereocenters. The second kappa shape index (κ2) is 10.5. The van der Waals surface area contributed by atoms with E-state index in [4.69, 9.17) is 25.4 Å². The number of aromatic nitrogens is 1. The van der Waals surface area contributed by atoms with Gasteiger partial charge in [0.25, 0.3) is 0 Å². The molecule has 0 aliphatic heterocycles. The lowest BCUT2D eigenvalue weighted by atomic mass is 10.2. The van der Waals surface area contributed by atoms with E-state index in [1.165, 1.54) is 6.07 Å². The molecule has 8 nitrogen and oxygen atoms in total. The van der Waals surface area contributed by atoms with Gasteiger partial charge < -0.3 is 33.9 Å². The van der Waals surface area contributed by atoms with Crippen LogP contribution >= 0.6 is 0 Å². The second-order valence-electron chi connectivity index (χ2n) is 7.05. The molecular formula is C24H26N2O6. The molecule has 0 spiro atoms. The van der Waals surface area contributed by atoms with Crippen molar-refractivity contribution >= 4 is 16.6 Å². The van der Waals surface area contributed by atoms with E-state index >= 15 is 0 Å². The van der Waals surface area contributed by atoms with Gasteiger partial charge in [-0.1, -0.05) is 5.92 Å². The summed E-state index contributed by atoms with van der Waals surface area (Å²) in [6.07, 6.45) is 4.48. The fraction of sp³-hybridized carbons (Fsp3) is 0.292. The Hall–Kier alpha value is -3.83. The summed E-state index contributed by atoms with van der Waals surface area (Å²) in [5.74, 6) is 4.60. The molecule has 0 aliphatic rings. The highest BCUT2D eigenvalue weighted by Crippen LogP contribution is 2.32. The third-order valence-electron chi connectivity index (χ3n) is 4.85. The number of aliphatic hydroxyl groups is 1. The summed E-state index contributed by atoms with van der Waals surface area (Å²) in [6.45, 7) is 0.456. The maximum absolute atomic E-state index is 11.8. The van der Waals surface area contributed by atoms with Crippen LogP contribution in [0.3, 0.4) is 0 Å². The number of aromatic amines is 1. The van der Waals surface area contributed by atoms with Crippen LogP contribution in [0.2, 0.25) is 0 Å². The molecule has 2 aromatic carbocycles. The van der Waals surface area contributed by atoms with Crippen molar-refractivity contribution in [2.75, 3.05) is 45.9 Å². The lowest BCUT2D eigenvalue weighted by Crippen LogP contribution is -2.33. The van der Waals surface area contributed by atoms with E-state index in [-0.39, 0.29) is 18.8 Å². The van der Waals surface area contributed by atoms with E-state index in [1.54, 1.807) is 32.4 Å². The van der Waals surface area contributed by atoms with Crippen molar-refractivity contribution in [1.29, 1.82) is 0 Å². The van der Waals surface area contributed by atoms with Crippen molar-refractivity contribution in [3.05, 3.63) is 52.8 Å². The second-order valence-corrected chi connectivity index (χ2v) is 7.05. The molecule has 0 radical (unpaired) electrons. The first-order chi connectivity index (χ1) is 15.5. The predicted octanol–water partition coefficient (Wildman–Crippen LogP) is 2.43. The van der Waals surface area contributed by atoms with E-state index in [0.29, 0.717) is 40.4 Å². The first-order valence-electron chi connectivity index (χ1n) is 9.93. The number of H-pyrrole nitrogens is 1. The fourth-order valence-corrected chi connectivity index (χ4v) is 3.29. The Morgan fingerprint density at radius 3 is 2.47 bits per heavy atom. The Balaban J connectivity index is 1.70. The summed E-state index contributed by atoms with van der Waals surface area (Å²) < 4.78 is 22.0. The molecule has 0 saturated heterocycles. The van der Waals surface area contributed by atoms with Gasteiger partial charge in [-0.15, -0.1) is 6.42 Å². The number of nitrogens with zero attached hydrogens (tertiary/aromatic N) is 1. The topological polar surface area (TPSA) is 93.2 Å². The summed E-state index contributed by atoms with van der Waals surface area (Å²) in [4.78, 5) is 16.4. The molecule has 0 fully saturated rings. The normalized spacial score (nSPS) is 11.5. The molecule has 168 valence electrons. The molecule has 0 amide bonds. The summed E-state index contributed by atoms with van der Waals surface area (Å²) in [6, 6.07) is 12.0. The van der Waals surface area contributed by atoms with E-state index in [0.717, 1.165) is 5.69 Å². The number of rotatable bonds is 10. The minimum Gasteiger partial charge on any atom is -0.493 e. The van der Waals surface area contributed by atoms with Crippen LogP contribution in [-0.4, -0.2) is 57.2 Å². The monoisotopic (exact) mass is 438 g/mol. The van der Waals surface area contributed by atoms with E-state index in [2.05, 4.69) is 10.9 Å². The smallest absolute Gasteiger partial charge is 0.248 e. The van der Waals surface area contributed by atoms with Crippen molar-refractivity contribution in [1.82, 2.24) is 4.98 Å². The van der Waals surface area contributed by atoms with Gasteiger partial charge in [-0.3, -0.25) is 4.79 Å². The standard InChI is InChI=1S/C24H26N2O6/c1-5-12-31-21-10-9-19(18-7-11-23(28)25-24(18)21)32-15-17(27)14-26(2)16-6-8-20(29-3)22(13-16)30-4/h1,6-11,13,17,27H,12,14-15H2,2-4H3,(H,25,28). The largest absolute Gasteiger partial charge is 0.493 e. The Bertz CT molecular complexity index is 1170. The molecule has 0 bridgehead atoms. The van der Waals surface area contributed by atoms with Gasteiger partial charge in [0.2, 0.25) is 5.56 Å². The van der Waals surface area contributed by atoms with Crippen LogP contribution in [0, 0.1) is 12.3 Å². The fourth-order valence-electron chi connectivity index (χ4n) is 3.29. The third kappa shape index (κ3) is 5.25. The van der Waals surface area contributed by atoms with Crippen LogP contribution in [-0.2, 0) is 0 Å². The molecular weight excluding hydrogens is 412 g/mol. The Labute approximate surface area is 186 Å². The van der Waals surface area contributed by atoms with Crippen LogP contribution in [0.5, 0.6) is 23.0 Å². The highest BCUT2D eigenvalue weighted by molar-refractivity contribution is 5.89. The first-order valence-corrected chi connectivity index (χ1v) is 9.93. The molecule has 2 N–H and O–H groups in total. The van der Waals surface area contributed by atoms with Gasteiger partial charge in [0.1, 0.15) is 30.8 Å². The number of methoxy groups -OCH3 is 2. The zero-order chi connectivity index (χ0) is 23.1. The maximum atomic E-state index is 11.8. The van der Waals surface area contributed by atoms with Gasteiger partial charge in [-0.05, 0) is 30.3 Å². The van der Waals surface area contributed by atoms with Gasteiger partial charge in [0.15, 0.2) is 11.5 Å². The third-order valence-corrected chi connectivity index (χ3v) is 4.85. The van der Waals surface area contributed by atoms with Gasteiger partial charge in [-0.2, -0.15) is 0 Å². The molecule has 1 heterocycles. The van der Waals surface area contributed by atoms with Crippen LogP contribution in [0.1, 0.15) is 0 Å². The summed E-state index contributed by atoms with van der Waals surface area (Å²) in [5, 5.41) is 11.2. The van der Waals surface area contributed by atoms with E-state index in [1.807, 2.05) is 30.1 Å². The van der Waals surface area contributed by atoms with Gasteiger partial charge >= 0.3 is 0 Å². The first kappa shape index (κ1) is 22.8. The number of hydrogen-bond acceptors (Lipinski definition) is 7. The number of benzene rings is 2. The van der Waals surface area contributed by atoms with Crippen LogP contribution in [0.4, 0.5) is 5.69 Å². The van der Waals surface area contributed by atoms with Crippen LogP contribution in [0.15, 0.2) is 47.3 Å². The number of pyridine rings is 1. The average Bonchev–Trinajstić information content (AvgIpc) is 2.80. The molecule has 0 aliphatic carbocycles. The number of ether oxygens (including phenoxy) is 4. The molecule has 1 unspecified atom stereocenters. The number of nitrogens with one attached hydrogen (secondary N) is 1. The minimum absolute atomic E-state index is 0.0520. The van der Waals surface area contributed by atoms with Crippen molar-refractivity contribution in [3.63, 3.8) is 0 Å². The van der Waals surface area contributed by atoms with E-state index in [9.17, 15) is 9.90 Å². The molecule has 1 aromatic heterocycles. The number of hydrogen-bond donors (Lipinski definition) is 2. The number of anilines is 1. The summed E-state index contributed by atoms with van der Waals surface area (Å²) in [5.41, 5.74) is 1.08. The van der Waals surface area contributed by atoms with Gasteiger partial charge in [-0.25, -0.2) is 0 Å². The number of aliphatic hydroxyl groups excluding tert-OH is 1. The predicted molar refractivity (Wildman–Crippen MR) is 123 cm³/mol. The highest BCUT2D eigenvalue weighted by atomic mass is 16.5. The summed E-state index contributed by atoms with van der Waals surface area (Å²) >= 11 is 0. The zero-order valence-electron chi connectivity index (χ0n) is 18.3. The van der Waals surface area contributed by atoms with Gasteiger partial charge in [0.05, 0.1) is 19.7 Å². The van der Waals surface area contributed by atoms with Crippen LogP contribution in [0.25, 0.3) is 10.9 Å². The number of terminal acetylenes is 1. The minimum atomic E-state index is -0.775. The van der Waals surface area contributed by atoms with Crippen molar-refractivity contribution < 1.29 is 24.1 Å². The quantitative estimate of drug-likeness (QED) is 0.470. The van der Waals surface area contributed by atoms with Gasteiger partial charge in [0, 0.05) is 36.8 Å². The molecule has 0 saturated carbocycles. The lowest BCUT2D eigenvalue weighted by Gasteiger charge is -2.24. The lowest BCUT2D eigenvalue weighted by molar-refractivity contribution is 0.114. The van der Waals surface area contributed by atoms with Crippen molar-refractivity contribution in [3.8, 4) is 35.3 Å². The molecule has 3 aromatic rings. The number of likely N-dealkylation sites (N-methyl/N-ethyl adjacent to an activating group) is 1. The molecule has 8 heteroatoms. The van der Waals surface area contributed by atoms with E-state index < -0.39 is 6.10 Å². The zero-order valence-corrected chi connectivity index (χ0v) is 18.3. The Kier molecular flexibility index (Phi) is 7.47. The SMILES string of the molecule is C#CCOc1ccc(OCC(O)CN(C)c2ccc(OC)c(OC)c2)c2ccc(=O)[nH]c12. The Morgan fingerprint density at radius 1 is 1.03 bits per heavy atom. The van der Waals surface area contributed by atoms with Crippen molar-refractivity contribution in [2.45, 2.75) is 6.10 Å². The maximum Gasteiger partial charge on any atom is 0.248 e. The molecule has 3 rings (SSSR count).